The summed E-state index contributed by atoms with van der Waals surface area (Å²) in [6, 6.07) is 7.05. The number of guanidine groups is 1. The van der Waals surface area contributed by atoms with Gasteiger partial charge in [0.25, 0.3) is 0 Å². The topological polar surface area (TPSA) is 36.4 Å². The van der Waals surface area contributed by atoms with Crippen molar-refractivity contribution in [1.29, 1.82) is 0 Å². The lowest BCUT2D eigenvalue weighted by molar-refractivity contribution is 0.625. The molecule has 126 valence electrons. The number of hydrogen-bond donors (Lipinski definition) is 2. The Bertz CT molecular complexity index is 655. The first-order valence-corrected chi connectivity index (χ1v) is 8.20. The van der Waals surface area contributed by atoms with E-state index in [2.05, 4.69) is 34.0 Å². The van der Waals surface area contributed by atoms with Gasteiger partial charge in [0.2, 0.25) is 0 Å². The molecule has 0 radical (unpaired) electrons. The van der Waals surface area contributed by atoms with Crippen molar-refractivity contribution in [2.45, 2.75) is 26.8 Å². The third kappa shape index (κ3) is 6.10. The molecule has 0 aliphatic rings. The first-order valence-electron chi connectivity index (χ1n) is 7.32. The maximum atomic E-state index is 13.1. The average molecular weight is 447 g/mol. The van der Waals surface area contributed by atoms with E-state index in [0.29, 0.717) is 0 Å². The molecular weight excluding hydrogens is 424 g/mol. The quantitative estimate of drug-likeness (QED) is 0.413. The largest absolute Gasteiger partial charge is 0.356 e. The smallest absolute Gasteiger partial charge is 0.191 e. The van der Waals surface area contributed by atoms with Crippen LogP contribution in [-0.4, -0.2) is 19.6 Å². The Hall–Kier alpha value is -1.15. The predicted molar refractivity (Wildman–Crippen MR) is 108 cm³/mol. The van der Waals surface area contributed by atoms with Crippen LogP contribution < -0.4 is 10.6 Å². The summed E-state index contributed by atoms with van der Waals surface area (Å²) in [6.45, 7) is 5.58. The van der Waals surface area contributed by atoms with Gasteiger partial charge < -0.3 is 10.6 Å². The highest BCUT2D eigenvalue weighted by Crippen LogP contribution is 2.14. The summed E-state index contributed by atoms with van der Waals surface area (Å²) >= 11 is 1.75. The first-order chi connectivity index (χ1) is 10.6. The lowest BCUT2D eigenvalue weighted by Gasteiger charge is -2.12. The molecule has 0 saturated carbocycles. The number of nitrogens with one attached hydrogen (secondary N) is 2. The minimum atomic E-state index is -0.182. The van der Waals surface area contributed by atoms with E-state index in [4.69, 9.17) is 0 Å². The van der Waals surface area contributed by atoms with E-state index in [1.807, 2.05) is 13.0 Å². The van der Waals surface area contributed by atoms with Gasteiger partial charge in [0.1, 0.15) is 5.82 Å². The Labute approximate surface area is 158 Å². The zero-order valence-corrected chi connectivity index (χ0v) is 16.8. The van der Waals surface area contributed by atoms with Crippen LogP contribution in [0.4, 0.5) is 4.39 Å². The van der Waals surface area contributed by atoms with E-state index in [0.717, 1.165) is 36.6 Å². The van der Waals surface area contributed by atoms with E-state index in [1.54, 1.807) is 24.5 Å². The number of hydrogen-bond acceptors (Lipinski definition) is 2. The fraction of sp³-hybridized carbons (Fsp3) is 0.353. The summed E-state index contributed by atoms with van der Waals surface area (Å²) in [4.78, 5) is 5.54. The number of nitrogens with zero attached hydrogens (tertiary/aromatic N) is 1. The van der Waals surface area contributed by atoms with E-state index in [1.165, 1.54) is 16.5 Å². The maximum Gasteiger partial charge on any atom is 0.191 e. The molecular formula is C17H23FIN3S. The lowest BCUT2D eigenvalue weighted by atomic mass is 10.1. The van der Waals surface area contributed by atoms with Crippen LogP contribution in [0.2, 0.25) is 0 Å². The third-order valence-electron chi connectivity index (χ3n) is 3.60. The van der Waals surface area contributed by atoms with Gasteiger partial charge in [-0.2, -0.15) is 0 Å². The van der Waals surface area contributed by atoms with Crippen LogP contribution >= 0.6 is 35.3 Å². The van der Waals surface area contributed by atoms with Gasteiger partial charge in [0.15, 0.2) is 5.96 Å². The zero-order valence-electron chi connectivity index (χ0n) is 13.6. The van der Waals surface area contributed by atoms with Crippen molar-refractivity contribution < 1.29 is 4.39 Å². The summed E-state index contributed by atoms with van der Waals surface area (Å²) < 4.78 is 13.1. The standard InChI is InChI=1S/C17H22FN3S.HI/c1-12-7-9-22-16(12)11-21-17(19-3)20-8-6-14-4-5-15(18)10-13(14)2;/h4-5,7,9-10H,6,8,11H2,1-3H3,(H2,19,20,21);1H. The Morgan fingerprint density at radius 3 is 2.57 bits per heavy atom. The molecule has 0 fully saturated rings. The maximum absolute atomic E-state index is 13.1. The van der Waals surface area contributed by atoms with Gasteiger partial charge in [-0.05, 0) is 60.5 Å². The van der Waals surface area contributed by atoms with Crippen molar-refractivity contribution in [2.24, 2.45) is 4.99 Å². The Morgan fingerprint density at radius 2 is 1.96 bits per heavy atom. The highest BCUT2D eigenvalue weighted by atomic mass is 127. The van der Waals surface area contributed by atoms with E-state index >= 15 is 0 Å². The molecule has 2 aromatic rings. The summed E-state index contributed by atoms with van der Waals surface area (Å²) in [5.41, 5.74) is 3.44. The van der Waals surface area contributed by atoms with Crippen molar-refractivity contribution in [3.8, 4) is 0 Å². The van der Waals surface area contributed by atoms with Gasteiger partial charge in [0, 0.05) is 18.5 Å². The predicted octanol–water partition coefficient (Wildman–Crippen LogP) is 4.03. The van der Waals surface area contributed by atoms with Crippen LogP contribution in [0, 0.1) is 19.7 Å². The normalized spacial score (nSPS) is 11.0. The van der Waals surface area contributed by atoms with Gasteiger partial charge in [-0.3, -0.25) is 4.99 Å². The second-order valence-electron chi connectivity index (χ2n) is 5.20. The number of thiophene rings is 1. The number of rotatable bonds is 5. The fourth-order valence-electron chi connectivity index (χ4n) is 2.23. The van der Waals surface area contributed by atoms with Crippen LogP contribution in [-0.2, 0) is 13.0 Å². The second kappa shape index (κ2) is 9.87. The van der Waals surface area contributed by atoms with Crippen LogP contribution in [0.15, 0.2) is 34.6 Å². The summed E-state index contributed by atoms with van der Waals surface area (Å²) in [5.74, 6) is 0.602. The Morgan fingerprint density at radius 1 is 1.17 bits per heavy atom. The van der Waals surface area contributed by atoms with Crippen molar-refractivity contribution in [3.05, 3.63) is 57.0 Å². The fourth-order valence-corrected chi connectivity index (χ4v) is 3.07. The highest BCUT2D eigenvalue weighted by Gasteiger charge is 2.03. The SMILES string of the molecule is CN=C(NCCc1ccc(F)cc1C)NCc1sccc1C.I. The third-order valence-corrected chi connectivity index (χ3v) is 4.62. The van der Waals surface area contributed by atoms with Crippen molar-refractivity contribution in [1.82, 2.24) is 10.6 Å². The summed E-state index contributed by atoms with van der Waals surface area (Å²) in [5, 5.41) is 8.70. The number of aryl methyl sites for hydroxylation is 2. The average Bonchev–Trinajstić information content (AvgIpc) is 2.90. The molecule has 0 unspecified atom stereocenters. The van der Waals surface area contributed by atoms with Gasteiger partial charge in [-0.15, -0.1) is 35.3 Å². The molecule has 23 heavy (non-hydrogen) atoms. The van der Waals surface area contributed by atoms with Crippen LogP contribution in [0.25, 0.3) is 0 Å². The Kier molecular flexibility index (Phi) is 8.54. The van der Waals surface area contributed by atoms with Crippen LogP contribution in [0.1, 0.15) is 21.6 Å². The molecule has 0 aliphatic carbocycles. The molecule has 0 spiro atoms. The van der Waals surface area contributed by atoms with Gasteiger partial charge in [0.05, 0.1) is 6.54 Å². The molecule has 0 amide bonds. The molecule has 2 N–H and O–H groups in total. The van der Waals surface area contributed by atoms with E-state index in [9.17, 15) is 4.39 Å². The highest BCUT2D eigenvalue weighted by molar-refractivity contribution is 14.0. The molecule has 2 rings (SSSR count). The minimum Gasteiger partial charge on any atom is -0.356 e. The van der Waals surface area contributed by atoms with Crippen molar-refractivity contribution >= 4 is 41.3 Å². The molecule has 3 nitrogen and oxygen atoms in total. The van der Waals surface area contributed by atoms with E-state index < -0.39 is 0 Å². The molecule has 0 aliphatic heterocycles. The second-order valence-corrected chi connectivity index (χ2v) is 6.20. The van der Waals surface area contributed by atoms with Gasteiger partial charge in [-0.1, -0.05) is 6.07 Å². The minimum absolute atomic E-state index is 0. The molecule has 1 aromatic heterocycles. The number of benzene rings is 1. The summed E-state index contributed by atoms with van der Waals surface area (Å²) in [7, 11) is 1.76. The molecule has 6 heteroatoms. The first kappa shape index (κ1) is 19.9. The molecule has 1 aromatic carbocycles. The van der Waals surface area contributed by atoms with Crippen LogP contribution in [0.3, 0.4) is 0 Å². The zero-order chi connectivity index (χ0) is 15.9. The number of aliphatic imine (C=N–C) groups is 1. The Balaban J connectivity index is 0.00000264. The van der Waals surface area contributed by atoms with E-state index in [-0.39, 0.29) is 29.8 Å². The summed E-state index contributed by atoms with van der Waals surface area (Å²) in [6.07, 6.45) is 0.838. The lowest BCUT2D eigenvalue weighted by Crippen LogP contribution is -2.37. The van der Waals surface area contributed by atoms with Crippen molar-refractivity contribution in [2.75, 3.05) is 13.6 Å². The van der Waals surface area contributed by atoms with Crippen LogP contribution in [0.5, 0.6) is 0 Å². The molecule has 0 bridgehead atoms. The molecule has 1 heterocycles. The van der Waals surface area contributed by atoms with Crippen molar-refractivity contribution in [3.63, 3.8) is 0 Å². The monoisotopic (exact) mass is 447 g/mol. The van der Waals surface area contributed by atoms with Gasteiger partial charge in [-0.25, -0.2) is 4.39 Å². The number of halogens is 2. The van der Waals surface area contributed by atoms with Gasteiger partial charge >= 0.3 is 0 Å². The molecule has 0 saturated heterocycles. The molecule has 0 atom stereocenters.